The maximum absolute atomic E-state index is 8.77. The number of hydrogen-bond donors (Lipinski definition) is 0. The van der Waals surface area contributed by atoms with Gasteiger partial charge in [-0.15, -0.1) is 0 Å². The monoisotopic (exact) mass is 311 g/mol. The quantitative estimate of drug-likeness (QED) is 0.282. The molecule has 130 valence electrons. The molecule has 0 saturated carbocycles. The average molecular weight is 312 g/mol. The number of ether oxygens (including phenoxy) is 2. The molecular formula is C19H37NO2. The highest BCUT2D eigenvalue weighted by atomic mass is 16.7. The zero-order chi connectivity index (χ0) is 16.7. The molecule has 0 N–H and O–H groups in total. The summed E-state index contributed by atoms with van der Waals surface area (Å²) in [6.45, 7) is 9.71. The van der Waals surface area contributed by atoms with Crippen LogP contribution in [0, 0.1) is 17.2 Å². The Morgan fingerprint density at radius 2 is 1.41 bits per heavy atom. The van der Waals surface area contributed by atoms with E-state index < -0.39 is 5.79 Å². The molecule has 3 heteroatoms. The molecule has 0 amide bonds. The second-order valence-electron chi connectivity index (χ2n) is 6.19. The Balaban J connectivity index is 4.41. The van der Waals surface area contributed by atoms with Crippen LogP contribution in [-0.2, 0) is 9.47 Å². The largest absolute Gasteiger partial charge is 0.350 e. The van der Waals surface area contributed by atoms with Gasteiger partial charge in [0, 0.05) is 25.6 Å². The minimum atomic E-state index is -0.498. The standard InChI is InChI=1S/C19H37NO2/c1-5-8-9-10-11-12-15-18(16-13-14-17-20)19(4,21-6-2)22-7-3/h18H,5-16H2,1-4H3. The summed E-state index contributed by atoms with van der Waals surface area (Å²) in [6, 6.07) is 2.25. The van der Waals surface area contributed by atoms with E-state index in [1.807, 2.05) is 13.8 Å². The van der Waals surface area contributed by atoms with Gasteiger partial charge in [-0.3, -0.25) is 0 Å². The molecule has 0 aromatic heterocycles. The maximum atomic E-state index is 8.77. The minimum Gasteiger partial charge on any atom is -0.350 e. The molecule has 0 rings (SSSR count). The Bertz CT molecular complexity index is 280. The number of unbranched alkanes of at least 4 members (excludes halogenated alkanes) is 6. The summed E-state index contributed by atoms with van der Waals surface area (Å²) >= 11 is 0. The van der Waals surface area contributed by atoms with Gasteiger partial charge >= 0.3 is 0 Å². The minimum absolute atomic E-state index is 0.381. The van der Waals surface area contributed by atoms with E-state index in [0.29, 0.717) is 25.6 Å². The van der Waals surface area contributed by atoms with Crippen molar-refractivity contribution in [3.05, 3.63) is 0 Å². The van der Waals surface area contributed by atoms with Crippen molar-refractivity contribution < 1.29 is 9.47 Å². The van der Waals surface area contributed by atoms with Gasteiger partial charge in [0.05, 0.1) is 6.07 Å². The van der Waals surface area contributed by atoms with Crippen LogP contribution in [0.25, 0.3) is 0 Å². The smallest absolute Gasteiger partial charge is 0.168 e. The fourth-order valence-corrected chi connectivity index (χ4v) is 3.12. The fourth-order valence-electron chi connectivity index (χ4n) is 3.12. The van der Waals surface area contributed by atoms with E-state index in [1.54, 1.807) is 0 Å². The third kappa shape index (κ3) is 9.43. The highest BCUT2D eigenvalue weighted by molar-refractivity contribution is 4.78. The van der Waals surface area contributed by atoms with E-state index in [1.165, 1.54) is 38.5 Å². The van der Waals surface area contributed by atoms with Gasteiger partial charge in [0.1, 0.15) is 0 Å². The van der Waals surface area contributed by atoms with Crippen LogP contribution >= 0.6 is 0 Å². The Morgan fingerprint density at radius 1 is 0.864 bits per heavy atom. The molecule has 1 atom stereocenters. The van der Waals surface area contributed by atoms with Crippen molar-refractivity contribution in [1.82, 2.24) is 0 Å². The van der Waals surface area contributed by atoms with E-state index in [2.05, 4.69) is 19.9 Å². The third-order valence-electron chi connectivity index (χ3n) is 4.35. The first-order valence-corrected chi connectivity index (χ1v) is 9.29. The van der Waals surface area contributed by atoms with Gasteiger partial charge in [-0.1, -0.05) is 45.4 Å². The highest BCUT2D eigenvalue weighted by Crippen LogP contribution is 2.32. The van der Waals surface area contributed by atoms with Gasteiger partial charge in [0.2, 0.25) is 0 Å². The summed E-state index contributed by atoms with van der Waals surface area (Å²) in [5.74, 6) is -0.116. The predicted molar refractivity (Wildman–Crippen MR) is 92.6 cm³/mol. The molecule has 0 saturated heterocycles. The van der Waals surface area contributed by atoms with E-state index in [9.17, 15) is 0 Å². The molecule has 0 aromatic rings. The second kappa shape index (κ2) is 14.0. The second-order valence-corrected chi connectivity index (χ2v) is 6.19. The summed E-state index contributed by atoms with van der Waals surface area (Å²) in [5, 5.41) is 8.77. The van der Waals surface area contributed by atoms with Crippen LogP contribution in [0.1, 0.15) is 91.9 Å². The Kier molecular flexibility index (Phi) is 13.7. The molecule has 0 aromatic carbocycles. The first-order valence-electron chi connectivity index (χ1n) is 9.29. The van der Waals surface area contributed by atoms with Crippen molar-refractivity contribution in [2.75, 3.05) is 13.2 Å². The molecule has 0 aliphatic rings. The first kappa shape index (κ1) is 21.4. The van der Waals surface area contributed by atoms with Crippen molar-refractivity contribution in [1.29, 1.82) is 5.26 Å². The molecular weight excluding hydrogens is 274 g/mol. The van der Waals surface area contributed by atoms with E-state index in [4.69, 9.17) is 14.7 Å². The van der Waals surface area contributed by atoms with Gasteiger partial charge in [-0.25, -0.2) is 0 Å². The van der Waals surface area contributed by atoms with Gasteiger partial charge in [-0.2, -0.15) is 5.26 Å². The lowest BCUT2D eigenvalue weighted by atomic mass is 9.88. The van der Waals surface area contributed by atoms with E-state index in [-0.39, 0.29) is 0 Å². The maximum Gasteiger partial charge on any atom is 0.168 e. The molecule has 22 heavy (non-hydrogen) atoms. The summed E-state index contributed by atoms with van der Waals surface area (Å²) in [5.41, 5.74) is 0. The number of nitrogens with zero attached hydrogens (tertiary/aromatic N) is 1. The van der Waals surface area contributed by atoms with Crippen molar-refractivity contribution in [3.8, 4) is 6.07 Å². The van der Waals surface area contributed by atoms with Gasteiger partial charge in [0.25, 0.3) is 0 Å². The van der Waals surface area contributed by atoms with Gasteiger partial charge in [-0.05, 0) is 40.0 Å². The van der Waals surface area contributed by atoms with Crippen LogP contribution in [0.4, 0.5) is 0 Å². The van der Waals surface area contributed by atoms with Crippen molar-refractivity contribution >= 4 is 0 Å². The van der Waals surface area contributed by atoms with Crippen LogP contribution in [-0.4, -0.2) is 19.0 Å². The van der Waals surface area contributed by atoms with Crippen LogP contribution in [0.3, 0.4) is 0 Å². The van der Waals surface area contributed by atoms with Crippen LogP contribution in [0.2, 0.25) is 0 Å². The Hall–Kier alpha value is -0.590. The lowest BCUT2D eigenvalue weighted by Crippen LogP contribution is -2.41. The topological polar surface area (TPSA) is 42.2 Å². The first-order chi connectivity index (χ1) is 10.6. The van der Waals surface area contributed by atoms with E-state index in [0.717, 1.165) is 19.3 Å². The molecule has 0 fully saturated rings. The Labute approximate surface area is 138 Å². The zero-order valence-corrected chi connectivity index (χ0v) is 15.3. The summed E-state index contributed by atoms with van der Waals surface area (Å²) in [4.78, 5) is 0. The summed E-state index contributed by atoms with van der Waals surface area (Å²) in [7, 11) is 0. The van der Waals surface area contributed by atoms with Gasteiger partial charge < -0.3 is 9.47 Å². The third-order valence-corrected chi connectivity index (χ3v) is 4.35. The Morgan fingerprint density at radius 3 is 1.95 bits per heavy atom. The van der Waals surface area contributed by atoms with E-state index >= 15 is 0 Å². The lowest BCUT2D eigenvalue weighted by molar-refractivity contribution is -0.254. The lowest BCUT2D eigenvalue weighted by Gasteiger charge is -2.37. The van der Waals surface area contributed by atoms with Crippen LogP contribution < -0.4 is 0 Å². The fraction of sp³-hybridized carbons (Fsp3) is 0.947. The average Bonchev–Trinajstić information content (AvgIpc) is 2.49. The molecule has 0 bridgehead atoms. The number of nitriles is 1. The summed E-state index contributed by atoms with van der Waals surface area (Å²) in [6.07, 6.45) is 11.6. The molecule has 0 spiro atoms. The molecule has 1 unspecified atom stereocenters. The van der Waals surface area contributed by atoms with Gasteiger partial charge in [0.15, 0.2) is 5.79 Å². The number of hydrogen-bond acceptors (Lipinski definition) is 3. The SMILES string of the molecule is CCCCCCCCC(CCCC#N)C(C)(OCC)OCC. The molecule has 0 heterocycles. The normalized spacial score (nSPS) is 13.0. The summed E-state index contributed by atoms with van der Waals surface area (Å²) < 4.78 is 11.9. The molecule has 3 nitrogen and oxygen atoms in total. The molecule has 0 aliphatic heterocycles. The highest BCUT2D eigenvalue weighted by Gasteiger charge is 2.34. The zero-order valence-electron chi connectivity index (χ0n) is 15.3. The van der Waals surface area contributed by atoms with Crippen molar-refractivity contribution in [2.24, 2.45) is 5.92 Å². The predicted octanol–water partition coefficient (Wildman–Crippen LogP) is 5.84. The van der Waals surface area contributed by atoms with Crippen molar-refractivity contribution in [2.45, 2.75) is 97.7 Å². The van der Waals surface area contributed by atoms with Crippen molar-refractivity contribution in [3.63, 3.8) is 0 Å². The number of rotatable bonds is 15. The van der Waals surface area contributed by atoms with Crippen LogP contribution in [0.15, 0.2) is 0 Å². The molecule has 0 radical (unpaired) electrons. The molecule has 0 aliphatic carbocycles. The van der Waals surface area contributed by atoms with Crippen LogP contribution in [0.5, 0.6) is 0 Å².